The summed E-state index contributed by atoms with van der Waals surface area (Å²) < 4.78 is 26.2. The average molecular weight is 290 g/mol. The third-order valence-electron chi connectivity index (χ3n) is 3.05. The zero-order valence-electron chi connectivity index (χ0n) is 11.6. The van der Waals surface area contributed by atoms with Crippen LogP contribution in [0, 0.1) is 6.92 Å². The van der Waals surface area contributed by atoms with Crippen LogP contribution in [0.2, 0.25) is 0 Å². The van der Waals surface area contributed by atoms with E-state index in [1.807, 2.05) is 37.3 Å². The molecule has 0 fully saturated rings. The number of hydrogen-bond acceptors (Lipinski definition) is 3. The SMILES string of the molecule is CNS(=O)(=O)c1ccccc1NCc1ccc(C)cc1. The summed E-state index contributed by atoms with van der Waals surface area (Å²) in [5.74, 6) is 0. The molecule has 5 heteroatoms. The number of anilines is 1. The Morgan fingerprint density at radius 2 is 1.65 bits per heavy atom. The van der Waals surface area contributed by atoms with Crippen molar-refractivity contribution in [2.24, 2.45) is 0 Å². The monoisotopic (exact) mass is 290 g/mol. The van der Waals surface area contributed by atoms with Gasteiger partial charge in [-0.15, -0.1) is 0 Å². The molecule has 0 heterocycles. The Kier molecular flexibility index (Phi) is 4.42. The van der Waals surface area contributed by atoms with Crippen LogP contribution in [0.5, 0.6) is 0 Å². The molecular formula is C15H18N2O2S. The van der Waals surface area contributed by atoms with Crippen LogP contribution in [0.15, 0.2) is 53.4 Å². The molecular weight excluding hydrogens is 272 g/mol. The van der Waals surface area contributed by atoms with E-state index in [2.05, 4.69) is 10.0 Å². The van der Waals surface area contributed by atoms with Gasteiger partial charge in [0.25, 0.3) is 0 Å². The number of aryl methyl sites for hydroxylation is 1. The Bertz CT molecular complexity index is 679. The molecule has 0 bridgehead atoms. The minimum absolute atomic E-state index is 0.259. The van der Waals surface area contributed by atoms with Gasteiger partial charge >= 0.3 is 0 Å². The van der Waals surface area contributed by atoms with Crippen LogP contribution in [0.25, 0.3) is 0 Å². The second-order valence-corrected chi connectivity index (χ2v) is 6.40. The van der Waals surface area contributed by atoms with Crippen LogP contribution in [-0.2, 0) is 16.6 Å². The van der Waals surface area contributed by atoms with Gasteiger partial charge in [-0.2, -0.15) is 0 Å². The molecule has 0 saturated carbocycles. The average Bonchev–Trinajstić information content (AvgIpc) is 2.47. The molecule has 0 unspecified atom stereocenters. The van der Waals surface area contributed by atoms with E-state index >= 15 is 0 Å². The van der Waals surface area contributed by atoms with E-state index in [0.717, 1.165) is 5.56 Å². The summed E-state index contributed by atoms with van der Waals surface area (Å²) in [6, 6.07) is 15.0. The zero-order valence-corrected chi connectivity index (χ0v) is 12.4. The second-order valence-electron chi connectivity index (χ2n) is 4.54. The Labute approximate surface area is 119 Å². The van der Waals surface area contributed by atoms with Gasteiger partial charge in [0.1, 0.15) is 4.90 Å². The highest BCUT2D eigenvalue weighted by molar-refractivity contribution is 7.89. The summed E-state index contributed by atoms with van der Waals surface area (Å²) in [7, 11) is -2.04. The molecule has 0 spiro atoms. The third-order valence-corrected chi connectivity index (χ3v) is 4.52. The van der Waals surface area contributed by atoms with Gasteiger partial charge in [0, 0.05) is 6.54 Å². The molecule has 4 nitrogen and oxygen atoms in total. The molecule has 2 N–H and O–H groups in total. The molecule has 2 aromatic rings. The summed E-state index contributed by atoms with van der Waals surface area (Å²) in [6.45, 7) is 2.61. The highest BCUT2D eigenvalue weighted by Gasteiger charge is 2.15. The number of rotatable bonds is 5. The van der Waals surface area contributed by atoms with Gasteiger partial charge < -0.3 is 5.32 Å². The first-order valence-electron chi connectivity index (χ1n) is 6.35. The van der Waals surface area contributed by atoms with Crippen molar-refractivity contribution in [1.29, 1.82) is 0 Å². The first-order chi connectivity index (χ1) is 9.53. The Morgan fingerprint density at radius 3 is 2.30 bits per heavy atom. The lowest BCUT2D eigenvalue weighted by molar-refractivity contribution is 0.588. The van der Waals surface area contributed by atoms with Crippen LogP contribution >= 0.6 is 0 Å². The Hall–Kier alpha value is -1.85. The number of para-hydroxylation sites is 1. The molecule has 0 aliphatic rings. The number of benzene rings is 2. The fourth-order valence-corrected chi connectivity index (χ4v) is 2.77. The summed E-state index contributed by atoms with van der Waals surface area (Å²) in [6.07, 6.45) is 0. The highest BCUT2D eigenvalue weighted by atomic mass is 32.2. The number of hydrogen-bond donors (Lipinski definition) is 2. The first kappa shape index (κ1) is 14.6. The van der Waals surface area contributed by atoms with Gasteiger partial charge in [-0.1, -0.05) is 42.0 Å². The van der Waals surface area contributed by atoms with Crippen molar-refractivity contribution in [3.8, 4) is 0 Å². The van der Waals surface area contributed by atoms with E-state index < -0.39 is 10.0 Å². The quantitative estimate of drug-likeness (QED) is 0.889. The van der Waals surface area contributed by atoms with Gasteiger partial charge in [-0.25, -0.2) is 13.1 Å². The van der Waals surface area contributed by atoms with Crippen molar-refractivity contribution < 1.29 is 8.42 Å². The largest absolute Gasteiger partial charge is 0.380 e. The van der Waals surface area contributed by atoms with Gasteiger partial charge in [0.15, 0.2) is 0 Å². The molecule has 0 atom stereocenters. The van der Waals surface area contributed by atoms with Crippen LogP contribution < -0.4 is 10.0 Å². The lowest BCUT2D eigenvalue weighted by Crippen LogP contribution is -2.20. The fourth-order valence-electron chi connectivity index (χ4n) is 1.86. The van der Waals surface area contributed by atoms with Crippen molar-refractivity contribution >= 4 is 15.7 Å². The predicted molar refractivity (Wildman–Crippen MR) is 81.2 cm³/mol. The normalized spacial score (nSPS) is 11.3. The van der Waals surface area contributed by atoms with E-state index in [-0.39, 0.29) is 4.90 Å². The number of sulfonamides is 1. The fraction of sp³-hybridized carbons (Fsp3) is 0.200. The van der Waals surface area contributed by atoms with Crippen LogP contribution in [0.1, 0.15) is 11.1 Å². The third kappa shape index (κ3) is 3.37. The van der Waals surface area contributed by atoms with Gasteiger partial charge in [-0.05, 0) is 31.7 Å². The van der Waals surface area contributed by atoms with Crippen molar-refractivity contribution in [1.82, 2.24) is 4.72 Å². The van der Waals surface area contributed by atoms with Crippen molar-refractivity contribution in [3.05, 3.63) is 59.7 Å². The maximum absolute atomic E-state index is 11.9. The summed E-state index contributed by atoms with van der Waals surface area (Å²) in [5.41, 5.74) is 2.90. The standard InChI is InChI=1S/C15H18N2O2S/c1-12-7-9-13(10-8-12)11-17-14-5-3-4-6-15(14)20(18,19)16-2/h3-10,16-17H,11H2,1-2H3. The Balaban J connectivity index is 2.20. The van der Waals surface area contributed by atoms with Crippen molar-refractivity contribution in [2.45, 2.75) is 18.4 Å². The van der Waals surface area contributed by atoms with Gasteiger partial charge in [0.05, 0.1) is 5.69 Å². The topological polar surface area (TPSA) is 58.2 Å². The molecule has 106 valence electrons. The van der Waals surface area contributed by atoms with E-state index in [0.29, 0.717) is 12.2 Å². The van der Waals surface area contributed by atoms with E-state index in [1.54, 1.807) is 18.2 Å². The van der Waals surface area contributed by atoms with Crippen molar-refractivity contribution in [2.75, 3.05) is 12.4 Å². The van der Waals surface area contributed by atoms with Gasteiger partial charge in [-0.3, -0.25) is 0 Å². The molecule has 0 aliphatic heterocycles. The van der Waals surface area contributed by atoms with Gasteiger partial charge in [0.2, 0.25) is 10.0 Å². The van der Waals surface area contributed by atoms with Crippen LogP contribution in [0.3, 0.4) is 0 Å². The molecule has 2 rings (SSSR count). The molecule has 0 radical (unpaired) electrons. The summed E-state index contributed by atoms with van der Waals surface area (Å²) in [5, 5.41) is 3.17. The minimum Gasteiger partial charge on any atom is -0.380 e. The van der Waals surface area contributed by atoms with E-state index in [9.17, 15) is 8.42 Å². The first-order valence-corrected chi connectivity index (χ1v) is 7.83. The van der Waals surface area contributed by atoms with Crippen molar-refractivity contribution in [3.63, 3.8) is 0 Å². The summed E-state index contributed by atoms with van der Waals surface area (Å²) >= 11 is 0. The Morgan fingerprint density at radius 1 is 1.00 bits per heavy atom. The second kappa shape index (κ2) is 6.07. The predicted octanol–water partition coefficient (Wildman–Crippen LogP) is 2.52. The summed E-state index contributed by atoms with van der Waals surface area (Å²) in [4.78, 5) is 0.259. The lowest BCUT2D eigenvalue weighted by Gasteiger charge is -2.12. The molecule has 0 amide bonds. The molecule has 2 aromatic carbocycles. The lowest BCUT2D eigenvalue weighted by atomic mass is 10.1. The highest BCUT2D eigenvalue weighted by Crippen LogP contribution is 2.21. The zero-order chi connectivity index (χ0) is 14.6. The minimum atomic E-state index is -3.45. The maximum atomic E-state index is 11.9. The molecule has 20 heavy (non-hydrogen) atoms. The van der Waals surface area contributed by atoms with Crippen LogP contribution in [0.4, 0.5) is 5.69 Å². The molecule has 0 aromatic heterocycles. The number of nitrogens with one attached hydrogen (secondary N) is 2. The van der Waals surface area contributed by atoms with Crippen LogP contribution in [-0.4, -0.2) is 15.5 Å². The molecule has 0 aliphatic carbocycles. The maximum Gasteiger partial charge on any atom is 0.242 e. The molecule has 0 saturated heterocycles. The smallest absolute Gasteiger partial charge is 0.242 e. The van der Waals surface area contributed by atoms with E-state index in [4.69, 9.17) is 0 Å². The van der Waals surface area contributed by atoms with E-state index in [1.165, 1.54) is 12.6 Å².